The lowest BCUT2D eigenvalue weighted by Gasteiger charge is -2.30. The van der Waals surface area contributed by atoms with E-state index in [9.17, 15) is 18.0 Å². The second-order valence-electron chi connectivity index (χ2n) is 5.58. The zero-order chi connectivity index (χ0) is 15.8. The first kappa shape index (κ1) is 16.3. The molecule has 1 aliphatic rings. The van der Waals surface area contributed by atoms with E-state index in [1.807, 2.05) is 0 Å². The Hall–Kier alpha value is -1.72. The van der Waals surface area contributed by atoms with Crippen LogP contribution >= 0.6 is 0 Å². The molecule has 0 aromatic carbocycles. The summed E-state index contributed by atoms with van der Waals surface area (Å²) in [5.74, 6) is -0.758. The molecule has 0 aromatic heterocycles. The van der Waals surface area contributed by atoms with E-state index in [0.29, 0.717) is 0 Å². The molecule has 3 nitrogen and oxygen atoms in total. The molecule has 1 rings (SSSR count). The monoisotopic (exact) mass is 289 g/mol. The number of halogens is 3. The summed E-state index contributed by atoms with van der Waals surface area (Å²) in [6, 6.07) is 0. The van der Waals surface area contributed by atoms with Crippen LogP contribution in [0.5, 0.6) is 0 Å². The molecule has 1 aliphatic carbocycles. The molecule has 0 radical (unpaired) electrons. The zero-order valence-corrected chi connectivity index (χ0v) is 11.8. The largest absolute Gasteiger partial charge is 0.465 e. The summed E-state index contributed by atoms with van der Waals surface area (Å²) < 4.78 is 44.1. The molecule has 0 aromatic rings. The number of esters is 1. The summed E-state index contributed by atoms with van der Waals surface area (Å²) >= 11 is 0. The van der Waals surface area contributed by atoms with E-state index in [1.54, 1.807) is 13.8 Å². The van der Waals surface area contributed by atoms with Gasteiger partial charge in [-0.25, -0.2) is 4.79 Å². The fourth-order valence-corrected chi connectivity index (χ4v) is 1.80. The fraction of sp³-hybridized carbons (Fsp3) is 0.500. The van der Waals surface area contributed by atoms with Crippen molar-refractivity contribution in [3.05, 3.63) is 35.6 Å². The Morgan fingerprint density at radius 1 is 1.20 bits per heavy atom. The first-order valence-corrected chi connectivity index (χ1v) is 5.99. The minimum atomic E-state index is -4.51. The predicted molar refractivity (Wildman–Crippen MR) is 69.5 cm³/mol. The van der Waals surface area contributed by atoms with Gasteiger partial charge < -0.3 is 10.5 Å². The van der Waals surface area contributed by atoms with Gasteiger partial charge in [-0.2, -0.15) is 13.2 Å². The molecule has 2 N–H and O–H groups in total. The summed E-state index contributed by atoms with van der Waals surface area (Å²) in [6.07, 6.45) is 0.290. The van der Waals surface area contributed by atoms with Gasteiger partial charge in [0.15, 0.2) is 0 Å². The van der Waals surface area contributed by atoms with Crippen LogP contribution in [0.25, 0.3) is 0 Å². The van der Waals surface area contributed by atoms with Gasteiger partial charge in [0.1, 0.15) is 5.41 Å². The van der Waals surface area contributed by atoms with Crippen LogP contribution in [0.2, 0.25) is 0 Å². The number of alkyl halides is 3. The average molecular weight is 289 g/mol. The van der Waals surface area contributed by atoms with Gasteiger partial charge in [-0.15, -0.1) is 0 Å². The van der Waals surface area contributed by atoms with Crippen molar-refractivity contribution in [1.82, 2.24) is 0 Å². The zero-order valence-electron chi connectivity index (χ0n) is 11.8. The summed E-state index contributed by atoms with van der Waals surface area (Å²) in [5.41, 5.74) is 2.39. The predicted octanol–water partition coefficient (Wildman–Crippen LogP) is 3.09. The molecule has 0 aliphatic heterocycles. The first-order chi connectivity index (χ1) is 8.92. The maximum atomic E-state index is 13.2. The second-order valence-corrected chi connectivity index (χ2v) is 5.58. The highest BCUT2D eigenvalue weighted by molar-refractivity contribution is 5.93. The van der Waals surface area contributed by atoms with Crippen LogP contribution < -0.4 is 5.73 Å². The fourth-order valence-electron chi connectivity index (χ4n) is 1.80. The number of rotatable bonds is 1. The lowest BCUT2D eigenvalue weighted by molar-refractivity contribution is -0.183. The van der Waals surface area contributed by atoms with Crippen molar-refractivity contribution in [2.75, 3.05) is 7.11 Å². The second kappa shape index (κ2) is 5.00. The molecule has 1 unspecified atom stereocenters. The van der Waals surface area contributed by atoms with Crippen molar-refractivity contribution in [3.63, 3.8) is 0 Å². The Labute approximate surface area is 116 Å². The molecule has 0 heterocycles. The SMILES string of the molecule is COC(=O)C1=C/C(C)(C)/C=C\C(C)(C(F)(F)F)/C=C\1N. The minimum Gasteiger partial charge on any atom is -0.465 e. The van der Waals surface area contributed by atoms with Gasteiger partial charge in [-0.1, -0.05) is 32.1 Å². The standard InChI is InChI=1S/C14H18F3NO2/c1-12(2)5-6-13(3,14(15,16)17)8-10(18)9(7-12)11(19)20-4/h5-8H,18H2,1-4H3/b6-5-,9-7+,10-8+. The van der Waals surface area contributed by atoms with Crippen LogP contribution in [0.3, 0.4) is 0 Å². The van der Waals surface area contributed by atoms with Gasteiger partial charge in [-0.05, 0) is 13.0 Å². The molecule has 1 atom stereocenters. The van der Waals surface area contributed by atoms with E-state index in [4.69, 9.17) is 5.73 Å². The van der Waals surface area contributed by atoms with Crippen LogP contribution in [-0.2, 0) is 9.53 Å². The van der Waals surface area contributed by atoms with Gasteiger partial charge in [0.05, 0.1) is 12.7 Å². The molecule has 0 fully saturated rings. The van der Waals surface area contributed by atoms with E-state index in [1.165, 1.54) is 12.2 Å². The maximum Gasteiger partial charge on any atom is 0.401 e. The molecule has 0 saturated heterocycles. The molecule has 6 heteroatoms. The quantitative estimate of drug-likeness (QED) is 0.596. The number of carbonyl (C=O) groups excluding carboxylic acids is 1. The van der Waals surface area contributed by atoms with E-state index >= 15 is 0 Å². The molecule has 0 amide bonds. The van der Waals surface area contributed by atoms with Crippen LogP contribution in [0.4, 0.5) is 13.2 Å². The number of hydrogen-bond acceptors (Lipinski definition) is 3. The van der Waals surface area contributed by atoms with E-state index < -0.39 is 23.0 Å². The lowest BCUT2D eigenvalue weighted by Crippen LogP contribution is -2.34. The highest BCUT2D eigenvalue weighted by atomic mass is 19.4. The average Bonchev–Trinajstić information content (AvgIpc) is 2.30. The molecule has 0 bridgehead atoms. The molecule has 20 heavy (non-hydrogen) atoms. The van der Waals surface area contributed by atoms with Crippen LogP contribution in [0, 0.1) is 10.8 Å². The number of hydrogen-bond donors (Lipinski definition) is 1. The van der Waals surface area contributed by atoms with Gasteiger partial charge in [-0.3, -0.25) is 0 Å². The Morgan fingerprint density at radius 3 is 2.20 bits per heavy atom. The Kier molecular flexibility index (Phi) is 4.08. The third-order valence-corrected chi connectivity index (χ3v) is 3.16. The number of methoxy groups -OCH3 is 1. The van der Waals surface area contributed by atoms with Gasteiger partial charge in [0, 0.05) is 11.1 Å². The Balaban J connectivity index is 3.51. The number of ether oxygens (including phenoxy) is 1. The molecule has 112 valence electrons. The summed E-state index contributed by atoms with van der Waals surface area (Å²) in [5, 5.41) is 0. The minimum absolute atomic E-state index is 0.0580. The Morgan fingerprint density at radius 2 is 1.75 bits per heavy atom. The van der Waals surface area contributed by atoms with Crippen LogP contribution in [-0.4, -0.2) is 19.3 Å². The van der Waals surface area contributed by atoms with Crippen LogP contribution in [0.1, 0.15) is 20.8 Å². The van der Waals surface area contributed by atoms with Gasteiger partial charge in [0.25, 0.3) is 0 Å². The highest BCUT2D eigenvalue weighted by Gasteiger charge is 2.48. The Bertz CT molecular complexity index is 501. The van der Waals surface area contributed by atoms with Crippen molar-refractivity contribution in [2.24, 2.45) is 16.6 Å². The van der Waals surface area contributed by atoms with Crippen molar-refractivity contribution in [2.45, 2.75) is 26.9 Å². The van der Waals surface area contributed by atoms with Gasteiger partial charge >= 0.3 is 12.1 Å². The van der Waals surface area contributed by atoms with E-state index in [0.717, 1.165) is 26.2 Å². The van der Waals surface area contributed by atoms with E-state index in [-0.39, 0.29) is 11.3 Å². The first-order valence-electron chi connectivity index (χ1n) is 5.99. The highest BCUT2D eigenvalue weighted by Crippen LogP contribution is 2.43. The van der Waals surface area contributed by atoms with Crippen molar-refractivity contribution in [3.8, 4) is 0 Å². The molecular formula is C14H18F3NO2. The topological polar surface area (TPSA) is 52.3 Å². The van der Waals surface area contributed by atoms with Crippen molar-refractivity contribution < 1.29 is 22.7 Å². The maximum absolute atomic E-state index is 13.2. The third kappa shape index (κ3) is 3.23. The normalized spacial score (nSPS) is 33.0. The number of allylic oxidation sites excluding steroid dienone is 4. The van der Waals surface area contributed by atoms with E-state index in [2.05, 4.69) is 4.74 Å². The molecule has 0 spiro atoms. The van der Waals surface area contributed by atoms with Crippen molar-refractivity contribution >= 4 is 5.97 Å². The van der Waals surface area contributed by atoms with Crippen LogP contribution in [0.15, 0.2) is 35.6 Å². The summed E-state index contributed by atoms with van der Waals surface area (Å²) in [6.45, 7) is 4.37. The summed E-state index contributed by atoms with van der Waals surface area (Å²) in [7, 11) is 1.15. The smallest absolute Gasteiger partial charge is 0.401 e. The van der Waals surface area contributed by atoms with Crippen molar-refractivity contribution in [1.29, 1.82) is 0 Å². The molecule has 0 saturated carbocycles. The number of nitrogens with two attached hydrogens (primary N) is 1. The lowest BCUT2D eigenvalue weighted by atomic mass is 9.79. The third-order valence-electron chi connectivity index (χ3n) is 3.16. The van der Waals surface area contributed by atoms with Gasteiger partial charge in [0.2, 0.25) is 0 Å². The number of carbonyl (C=O) groups is 1. The molecular weight excluding hydrogens is 271 g/mol. The summed E-state index contributed by atoms with van der Waals surface area (Å²) in [4.78, 5) is 11.7.